The summed E-state index contributed by atoms with van der Waals surface area (Å²) in [4.78, 5) is 6.65. The van der Waals surface area contributed by atoms with Crippen molar-refractivity contribution in [3.05, 3.63) is 17.5 Å². The zero-order valence-corrected chi connectivity index (χ0v) is 14.2. The Hall–Kier alpha value is -0.790. The number of aryl methyl sites for hydroxylation is 1. The molecule has 1 aliphatic heterocycles. The molecule has 19 heavy (non-hydrogen) atoms. The Labute approximate surface area is 131 Å². The molecule has 0 aromatic carbocycles. The van der Waals surface area contributed by atoms with Crippen molar-refractivity contribution in [2.24, 2.45) is 10.9 Å². The van der Waals surface area contributed by atoms with Crippen molar-refractivity contribution < 1.29 is 4.52 Å². The summed E-state index contributed by atoms with van der Waals surface area (Å²) in [6.45, 7) is 7.01. The van der Waals surface area contributed by atoms with Gasteiger partial charge >= 0.3 is 0 Å². The van der Waals surface area contributed by atoms with Gasteiger partial charge in [0.25, 0.3) is 0 Å². The van der Waals surface area contributed by atoms with Gasteiger partial charge in [0, 0.05) is 26.2 Å². The van der Waals surface area contributed by atoms with Crippen LogP contribution in [0.4, 0.5) is 0 Å². The van der Waals surface area contributed by atoms with Crippen LogP contribution in [-0.4, -0.2) is 36.2 Å². The molecule has 1 atom stereocenters. The first-order valence-corrected chi connectivity index (χ1v) is 6.57. The van der Waals surface area contributed by atoms with Gasteiger partial charge in [-0.2, -0.15) is 0 Å². The molecule has 1 unspecified atom stereocenters. The lowest BCUT2D eigenvalue weighted by atomic mass is 10.0. The van der Waals surface area contributed by atoms with Crippen molar-refractivity contribution in [3.63, 3.8) is 0 Å². The number of guanidine groups is 1. The Kier molecular flexibility index (Phi) is 6.60. The molecule has 2 heterocycles. The van der Waals surface area contributed by atoms with Gasteiger partial charge in [-0.15, -0.1) is 24.0 Å². The fraction of sp³-hybridized carbons (Fsp3) is 0.692. The summed E-state index contributed by atoms with van der Waals surface area (Å²) in [6, 6.07) is 1.94. The maximum atomic E-state index is 5.18. The number of piperidine rings is 1. The van der Waals surface area contributed by atoms with Gasteiger partial charge in [0.15, 0.2) is 11.7 Å². The molecule has 0 radical (unpaired) electrons. The number of rotatable bonds is 2. The molecule has 108 valence electrons. The topological polar surface area (TPSA) is 53.7 Å². The van der Waals surface area contributed by atoms with E-state index in [0.29, 0.717) is 6.54 Å². The maximum Gasteiger partial charge on any atom is 0.194 e. The summed E-state index contributed by atoms with van der Waals surface area (Å²) in [5, 5.41) is 7.21. The summed E-state index contributed by atoms with van der Waals surface area (Å²) < 4.78 is 5.18. The van der Waals surface area contributed by atoms with Gasteiger partial charge in [0.05, 0.1) is 12.2 Å². The van der Waals surface area contributed by atoms with Crippen LogP contribution in [0.2, 0.25) is 0 Å². The first kappa shape index (κ1) is 16.3. The van der Waals surface area contributed by atoms with E-state index in [-0.39, 0.29) is 24.0 Å². The van der Waals surface area contributed by atoms with Crippen molar-refractivity contribution in [2.75, 3.05) is 20.1 Å². The predicted molar refractivity (Wildman–Crippen MR) is 86.8 cm³/mol. The summed E-state index contributed by atoms with van der Waals surface area (Å²) in [5.41, 5.74) is 0.911. The highest BCUT2D eigenvalue weighted by atomic mass is 127. The fourth-order valence-corrected chi connectivity index (χ4v) is 2.38. The molecule has 0 aliphatic carbocycles. The lowest BCUT2D eigenvalue weighted by Crippen LogP contribution is -2.45. The number of halogens is 1. The van der Waals surface area contributed by atoms with Crippen LogP contribution in [0.3, 0.4) is 0 Å². The second kappa shape index (κ2) is 7.72. The molecule has 1 aromatic rings. The van der Waals surface area contributed by atoms with E-state index < -0.39 is 0 Å². The van der Waals surface area contributed by atoms with E-state index >= 15 is 0 Å². The fourth-order valence-electron chi connectivity index (χ4n) is 2.38. The summed E-state index contributed by atoms with van der Waals surface area (Å²) in [5.74, 6) is 2.54. The zero-order chi connectivity index (χ0) is 13.0. The summed E-state index contributed by atoms with van der Waals surface area (Å²) in [6.07, 6.45) is 2.55. The Bertz CT molecular complexity index is 419. The standard InChI is InChI=1S/C13H22N4O.HI/c1-10-5-4-6-17(9-10)13(14-3)15-8-12-7-11(2)16-18-12;/h7,10H,4-6,8-9H2,1-3H3,(H,14,15);1H. The Morgan fingerprint density at radius 1 is 1.63 bits per heavy atom. The Balaban J connectivity index is 0.00000180. The highest BCUT2D eigenvalue weighted by Crippen LogP contribution is 2.15. The number of hydrogen-bond donors (Lipinski definition) is 1. The van der Waals surface area contributed by atoms with E-state index in [1.54, 1.807) is 0 Å². The Morgan fingerprint density at radius 2 is 2.42 bits per heavy atom. The zero-order valence-electron chi connectivity index (χ0n) is 11.8. The smallest absolute Gasteiger partial charge is 0.194 e. The number of likely N-dealkylation sites (tertiary alicyclic amines) is 1. The van der Waals surface area contributed by atoms with E-state index in [0.717, 1.165) is 36.4 Å². The highest BCUT2D eigenvalue weighted by Gasteiger charge is 2.19. The van der Waals surface area contributed by atoms with Gasteiger partial charge < -0.3 is 14.7 Å². The van der Waals surface area contributed by atoms with Crippen LogP contribution in [0.1, 0.15) is 31.2 Å². The maximum absolute atomic E-state index is 5.18. The third-order valence-electron chi connectivity index (χ3n) is 3.27. The average Bonchev–Trinajstić information content (AvgIpc) is 2.76. The van der Waals surface area contributed by atoms with Crippen LogP contribution in [0.5, 0.6) is 0 Å². The van der Waals surface area contributed by atoms with Crippen LogP contribution < -0.4 is 5.32 Å². The third-order valence-corrected chi connectivity index (χ3v) is 3.27. The van der Waals surface area contributed by atoms with Crippen LogP contribution in [-0.2, 0) is 6.54 Å². The van der Waals surface area contributed by atoms with Gasteiger partial charge in [0.2, 0.25) is 0 Å². The number of aromatic nitrogens is 1. The van der Waals surface area contributed by atoms with Gasteiger partial charge in [0.1, 0.15) is 0 Å². The minimum absolute atomic E-state index is 0. The molecule has 1 N–H and O–H groups in total. The van der Waals surface area contributed by atoms with Crippen molar-refractivity contribution in [2.45, 2.75) is 33.2 Å². The third kappa shape index (κ3) is 4.67. The first-order chi connectivity index (χ1) is 8.69. The van der Waals surface area contributed by atoms with E-state index in [4.69, 9.17) is 4.52 Å². The van der Waals surface area contributed by atoms with E-state index in [9.17, 15) is 0 Å². The normalized spacial score (nSPS) is 20.1. The molecule has 0 spiro atoms. The molecule has 1 aromatic heterocycles. The molecule has 0 bridgehead atoms. The lowest BCUT2D eigenvalue weighted by molar-refractivity contribution is 0.264. The molecule has 1 saturated heterocycles. The van der Waals surface area contributed by atoms with Gasteiger partial charge in [-0.3, -0.25) is 4.99 Å². The molecule has 0 saturated carbocycles. The second-order valence-corrected chi connectivity index (χ2v) is 5.03. The monoisotopic (exact) mass is 378 g/mol. The molecule has 6 heteroatoms. The number of hydrogen-bond acceptors (Lipinski definition) is 3. The number of aliphatic imine (C=N–C) groups is 1. The number of nitrogens with one attached hydrogen (secondary N) is 1. The van der Waals surface area contributed by atoms with Crippen LogP contribution in [0.25, 0.3) is 0 Å². The van der Waals surface area contributed by atoms with Gasteiger partial charge in [-0.25, -0.2) is 0 Å². The molecule has 1 aliphatic rings. The van der Waals surface area contributed by atoms with Crippen molar-refractivity contribution in [1.29, 1.82) is 0 Å². The molecule has 2 rings (SSSR count). The minimum atomic E-state index is 0. The SMILES string of the molecule is CN=C(NCc1cc(C)no1)N1CCCC(C)C1.I. The van der Waals surface area contributed by atoms with Crippen molar-refractivity contribution in [3.8, 4) is 0 Å². The van der Waals surface area contributed by atoms with E-state index in [1.165, 1.54) is 12.8 Å². The number of nitrogens with zero attached hydrogens (tertiary/aromatic N) is 3. The molecule has 0 amide bonds. The summed E-state index contributed by atoms with van der Waals surface area (Å²) in [7, 11) is 1.83. The minimum Gasteiger partial charge on any atom is -0.359 e. The highest BCUT2D eigenvalue weighted by molar-refractivity contribution is 14.0. The second-order valence-electron chi connectivity index (χ2n) is 5.03. The van der Waals surface area contributed by atoms with Gasteiger partial charge in [-0.1, -0.05) is 12.1 Å². The lowest BCUT2D eigenvalue weighted by Gasteiger charge is -2.33. The molecular weight excluding hydrogens is 355 g/mol. The quantitative estimate of drug-likeness (QED) is 0.488. The predicted octanol–water partition coefficient (Wildman–Crippen LogP) is 2.41. The first-order valence-electron chi connectivity index (χ1n) is 6.57. The van der Waals surface area contributed by atoms with Crippen LogP contribution in [0, 0.1) is 12.8 Å². The van der Waals surface area contributed by atoms with Crippen LogP contribution >= 0.6 is 24.0 Å². The molecule has 1 fully saturated rings. The molecule has 5 nitrogen and oxygen atoms in total. The largest absolute Gasteiger partial charge is 0.359 e. The van der Waals surface area contributed by atoms with Gasteiger partial charge in [-0.05, 0) is 25.7 Å². The Morgan fingerprint density at radius 3 is 3.00 bits per heavy atom. The van der Waals surface area contributed by atoms with Crippen molar-refractivity contribution in [1.82, 2.24) is 15.4 Å². The average molecular weight is 378 g/mol. The van der Waals surface area contributed by atoms with E-state index in [2.05, 4.69) is 27.3 Å². The van der Waals surface area contributed by atoms with Crippen molar-refractivity contribution >= 4 is 29.9 Å². The summed E-state index contributed by atoms with van der Waals surface area (Å²) >= 11 is 0. The van der Waals surface area contributed by atoms with E-state index in [1.807, 2.05) is 20.0 Å². The molecular formula is C13H23IN4O. The van der Waals surface area contributed by atoms with Crippen LogP contribution in [0.15, 0.2) is 15.6 Å².